The van der Waals surface area contributed by atoms with Gasteiger partial charge in [-0.1, -0.05) is 34.8 Å². The van der Waals surface area contributed by atoms with Gasteiger partial charge in [0.1, 0.15) is 10.7 Å². The molecule has 0 aromatic heterocycles. The van der Waals surface area contributed by atoms with Gasteiger partial charge >= 0.3 is 0 Å². The SMILES string of the molecule is Nc1cc(Cl)c(S(=O)(=O)Nc2cc(F)cc(Cl)c2)c(Cl)c1. The molecule has 0 bridgehead atoms. The summed E-state index contributed by atoms with van der Waals surface area (Å²) in [5.74, 6) is -0.685. The molecule has 3 N–H and O–H groups in total. The molecule has 112 valence electrons. The fourth-order valence-corrected chi connectivity index (χ4v) is 4.15. The Kier molecular flexibility index (Phi) is 4.53. The summed E-state index contributed by atoms with van der Waals surface area (Å²) >= 11 is 17.4. The smallest absolute Gasteiger partial charge is 0.264 e. The minimum absolute atomic E-state index is 0.0437. The first-order valence-corrected chi connectivity index (χ1v) is 8.04. The number of nitrogens with one attached hydrogen (secondary N) is 1. The van der Waals surface area contributed by atoms with E-state index in [1.807, 2.05) is 0 Å². The van der Waals surface area contributed by atoms with Crippen LogP contribution in [0.1, 0.15) is 0 Å². The molecule has 0 atom stereocenters. The summed E-state index contributed by atoms with van der Waals surface area (Å²) in [6.07, 6.45) is 0. The molecule has 4 nitrogen and oxygen atoms in total. The maximum absolute atomic E-state index is 13.2. The van der Waals surface area contributed by atoms with E-state index in [-0.39, 0.29) is 31.3 Å². The molecule has 0 amide bonds. The summed E-state index contributed by atoms with van der Waals surface area (Å²) in [5, 5.41) is -0.243. The van der Waals surface area contributed by atoms with Gasteiger partial charge in [-0.2, -0.15) is 0 Å². The largest absolute Gasteiger partial charge is 0.399 e. The van der Waals surface area contributed by atoms with Crippen molar-refractivity contribution in [1.82, 2.24) is 0 Å². The zero-order valence-corrected chi connectivity index (χ0v) is 13.3. The average Bonchev–Trinajstić information content (AvgIpc) is 2.23. The average molecular weight is 370 g/mol. The molecule has 0 aliphatic carbocycles. The normalized spacial score (nSPS) is 11.4. The second-order valence-electron chi connectivity index (χ2n) is 4.08. The number of benzene rings is 2. The molecule has 0 unspecified atom stereocenters. The lowest BCUT2D eigenvalue weighted by molar-refractivity contribution is 0.601. The third-order valence-electron chi connectivity index (χ3n) is 2.40. The molecule has 2 aromatic rings. The lowest BCUT2D eigenvalue weighted by atomic mass is 10.3. The van der Waals surface area contributed by atoms with Gasteiger partial charge in [-0.25, -0.2) is 12.8 Å². The van der Waals surface area contributed by atoms with Gasteiger partial charge in [0.25, 0.3) is 10.0 Å². The number of nitrogen functional groups attached to an aromatic ring is 1. The summed E-state index contributed by atoms with van der Waals surface area (Å²) in [6.45, 7) is 0. The topological polar surface area (TPSA) is 72.2 Å². The van der Waals surface area contributed by atoms with Crippen molar-refractivity contribution in [3.63, 3.8) is 0 Å². The second-order valence-corrected chi connectivity index (χ2v) is 6.95. The Bertz CT molecular complexity index is 769. The number of hydrogen-bond acceptors (Lipinski definition) is 3. The Morgan fingerprint density at radius 3 is 2.10 bits per heavy atom. The van der Waals surface area contributed by atoms with Gasteiger partial charge in [0.15, 0.2) is 0 Å². The maximum atomic E-state index is 13.2. The van der Waals surface area contributed by atoms with Gasteiger partial charge < -0.3 is 5.73 Å². The van der Waals surface area contributed by atoms with E-state index in [0.29, 0.717) is 0 Å². The summed E-state index contributed by atoms with van der Waals surface area (Å²) in [7, 11) is -4.12. The van der Waals surface area contributed by atoms with Gasteiger partial charge in [-0.05, 0) is 30.3 Å². The van der Waals surface area contributed by atoms with Crippen LogP contribution in [0.2, 0.25) is 15.1 Å². The van der Waals surface area contributed by atoms with Crippen LogP contribution in [0.3, 0.4) is 0 Å². The Hall–Kier alpha value is -1.21. The lowest BCUT2D eigenvalue weighted by Crippen LogP contribution is -2.14. The van der Waals surface area contributed by atoms with Crippen LogP contribution in [-0.4, -0.2) is 8.42 Å². The molecule has 0 aliphatic heterocycles. The first-order chi connectivity index (χ1) is 9.69. The summed E-state index contributed by atoms with van der Waals surface area (Å²) < 4.78 is 40.0. The molecule has 0 saturated heterocycles. The van der Waals surface area contributed by atoms with Crippen molar-refractivity contribution in [3.05, 3.63) is 51.2 Å². The molecular weight excluding hydrogens is 362 g/mol. The van der Waals surface area contributed by atoms with E-state index in [9.17, 15) is 12.8 Å². The molecule has 21 heavy (non-hydrogen) atoms. The monoisotopic (exact) mass is 368 g/mol. The number of hydrogen-bond donors (Lipinski definition) is 2. The van der Waals surface area contributed by atoms with Crippen LogP contribution in [0.25, 0.3) is 0 Å². The molecule has 0 radical (unpaired) electrons. The molecule has 0 spiro atoms. The van der Waals surface area contributed by atoms with E-state index in [1.165, 1.54) is 18.2 Å². The van der Waals surface area contributed by atoms with Crippen molar-refractivity contribution in [2.24, 2.45) is 0 Å². The predicted octanol–water partition coefficient (Wildman–Crippen LogP) is 4.17. The minimum atomic E-state index is -4.12. The summed E-state index contributed by atoms with van der Waals surface area (Å²) in [6, 6.07) is 5.77. The van der Waals surface area contributed by atoms with Gasteiger partial charge in [-0.15, -0.1) is 0 Å². The van der Waals surface area contributed by atoms with E-state index >= 15 is 0 Å². The van der Waals surface area contributed by atoms with Crippen molar-refractivity contribution in [2.45, 2.75) is 4.90 Å². The quantitative estimate of drug-likeness (QED) is 0.798. The fourth-order valence-electron chi connectivity index (χ4n) is 1.66. The van der Waals surface area contributed by atoms with Crippen LogP contribution >= 0.6 is 34.8 Å². The van der Waals surface area contributed by atoms with Crippen LogP contribution in [0, 0.1) is 5.82 Å². The summed E-state index contributed by atoms with van der Waals surface area (Å²) in [4.78, 5) is -0.347. The highest BCUT2D eigenvalue weighted by Gasteiger charge is 2.22. The number of nitrogens with two attached hydrogens (primary N) is 1. The molecule has 9 heteroatoms. The third-order valence-corrected chi connectivity index (χ3v) is 4.92. The highest BCUT2D eigenvalue weighted by atomic mass is 35.5. The third kappa shape index (κ3) is 3.71. The van der Waals surface area contributed by atoms with Crippen LogP contribution in [0.5, 0.6) is 0 Å². The number of rotatable bonds is 3. The van der Waals surface area contributed by atoms with Gasteiger partial charge in [0, 0.05) is 10.7 Å². The Balaban J connectivity index is 2.48. The van der Waals surface area contributed by atoms with Crippen molar-refractivity contribution in [3.8, 4) is 0 Å². The zero-order valence-electron chi connectivity index (χ0n) is 10.2. The highest BCUT2D eigenvalue weighted by molar-refractivity contribution is 7.93. The van der Waals surface area contributed by atoms with Gasteiger partial charge in [-0.3, -0.25) is 4.72 Å². The maximum Gasteiger partial charge on any atom is 0.264 e. The lowest BCUT2D eigenvalue weighted by Gasteiger charge is -2.12. The first-order valence-electron chi connectivity index (χ1n) is 5.42. The van der Waals surface area contributed by atoms with E-state index < -0.39 is 15.8 Å². The predicted molar refractivity (Wildman–Crippen MR) is 83.1 cm³/mol. The Morgan fingerprint density at radius 1 is 1.00 bits per heavy atom. The Labute approximate surface area is 135 Å². The molecular formula is C12H8Cl3FN2O2S. The molecule has 0 fully saturated rings. The highest BCUT2D eigenvalue weighted by Crippen LogP contribution is 2.33. The first kappa shape index (κ1) is 16.2. The van der Waals surface area contributed by atoms with Gasteiger partial charge in [0.2, 0.25) is 0 Å². The van der Waals surface area contributed by atoms with Crippen LogP contribution < -0.4 is 10.5 Å². The van der Waals surface area contributed by atoms with Crippen LogP contribution in [0.4, 0.5) is 15.8 Å². The van der Waals surface area contributed by atoms with E-state index in [2.05, 4.69) is 4.72 Å². The minimum Gasteiger partial charge on any atom is -0.399 e. The molecule has 0 saturated carbocycles. The molecule has 0 heterocycles. The van der Waals surface area contributed by atoms with E-state index in [0.717, 1.165) is 12.1 Å². The molecule has 0 aliphatic rings. The van der Waals surface area contributed by atoms with Crippen LogP contribution in [0.15, 0.2) is 35.2 Å². The van der Waals surface area contributed by atoms with Crippen LogP contribution in [-0.2, 0) is 10.0 Å². The molecule has 2 aromatic carbocycles. The number of halogens is 4. The van der Waals surface area contributed by atoms with E-state index in [1.54, 1.807) is 0 Å². The van der Waals surface area contributed by atoms with Crippen molar-refractivity contribution in [2.75, 3.05) is 10.5 Å². The fraction of sp³-hybridized carbons (Fsp3) is 0. The molecule has 2 rings (SSSR count). The Morgan fingerprint density at radius 2 is 1.57 bits per heavy atom. The second kappa shape index (κ2) is 5.88. The zero-order chi connectivity index (χ0) is 15.8. The summed E-state index contributed by atoms with van der Waals surface area (Å²) in [5.41, 5.74) is 5.68. The number of anilines is 2. The number of sulfonamides is 1. The standard InChI is InChI=1S/C12H8Cl3FN2O2S/c13-6-1-7(16)3-9(2-6)18-21(19,20)12-10(14)4-8(17)5-11(12)15/h1-5,18H,17H2. The van der Waals surface area contributed by atoms with E-state index in [4.69, 9.17) is 40.5 Å². The van der Waals surface area contributed by atoms with Crippen molar-refractivity contribution in [1.29, 1.82) is 0 Å². The van der Waals surface area contributed by atoms with Crippen molar-refractivity contribution >= 4 is 56.2 Å². The van der Waals surface area contributed by atoms with Gasteiger partial charge in [0.05, 0.1) is 15.7 Å². The van der Waals surface area contributed by atoms with Crippen molar-refractivity contribution < 1.29 is 12.8 Å².